The van der Waals surface area contributed by atoms with Gasteiger partial charge in [0, 0.05) is 61.3 Å². The van der Waals surface area contributed by atoms with Crippen LogP contribution in [0.15, 0.2) is 36.9 Å². The highest BCUT2D eigenvalue weighted by Gasteiger charge is 2.37. The Morgan fingerprint density at radius 2 is 1.88 bits per heavy atom. The van der Waals surface area contributed by atoms with E-state index in [9.17, 15) is 14.3 Å². The molecular formula is C31H35ClF2N6O2. The van der Waals surface area contributed by atoms with Crippen molar-refractivity contribution >= 4 is 40.2 Å². The van der Waals surface area contributed by atoms with E-state index in [2.05, 4.69) is 23.8 Å². The lowest BCUT2D eigenvalue weighted by molar-refractivity contribution is -0.128. The van der Waals surface area contributed by atoms with Gasteiger partial charge in [0.15, 0.2) is 5.82 Å². The van der Waals surface area contributed by atoms with Gasteiger partial charge in [-0.3, -0.25) is 4.79 Å². The van der Waals surface area contributed by atoms with Gasteiger partial charge in [0.05, 0.1) is 10.6 Å². The molecule has 6 rings (SSSR count). The average molecular weight is 597 g/mol. The molecule has 3 aromatic rings. The smallest absolute Gasteiger partial charge is 0.246 e. The van der Waals surface area contributed by atoms with Crippen molar-refractivity contribution in [2.24, 2.45) is 5.92 Å². The van der Waals surface area contributed by atoms with Crippen LogP contribution < -0.4 is 15.1 Å². The number of amides is 1. The zero-order chi connectivity index (χ0) is 29.9. The van der Waals surface area contributed by atoms with Crippen LogP contribution in [-0.4, -0.2) is 76.2 Å². The Hall–Kier alpha value is -3.50. The van der Waals surface area contributed by atoms with Crippen LogP contribution in [0.1, 0.15) is 33.6 Å². The first-order valence-corrected chi connectivity index (χ1v) is 14.8. The number of aromatic hydroxyl groups is 1. The Morgan fingerprint density at radius 3 is 2.55 bits per heavy atom. The fourth-order valence-corrected chi connectivity index (χ4v) is 6.50. The van der Waals surface area contributed by atoms with Crippen LogP contribution in [0.25, 0.3) is 22.0 Å². The maximum Gasteiger partial charge on any atom is 0.246 e. The number of piperazine rings is 1. The second kappa shape index (κ2) is 11.0. The number of hydrogen-bond acceptors (Lipinski definition) is 7. The number of nitrogens with one attached hydrogen (secondary N) is 1. The first-order chi connectivity index (χ1) is 20.1. The Kier molecular flexibility index (Phi) is 7.47. The summed E-state index contributed by atoms with van der Waals surface area (Å²) in [5.74, 6) is -0.610. The van der Waals surface area contributed by atoms with Crippen LogP contribution in [-0.2, 0) is 4.79 Å². The summed E-state index contributed by atoms with van der Waals surface area (Å²) in [6, 6.07) is 5.73. The fraction of sp³-hybridized carbons (Fsp3) is 0.452. The molecule has 2 N–H and O–H groups in total. The van der Waals surface area contributed by atoms with Crippen molar-refractivity contribution < 1.29 is 18.7 Å². The van der Waals surface area contributed by atoms with E-state index in [1.165, 1.54) is 37.1 Å². The van der Waals surface area contributed by atoms with Gasteiger partial charge in [0.2, 0.25) is 11.9 Å². The molecule has 42 heavy (non-hydrogen) atoms. The molecule has 1 unspecified atom stereocenters. The monoisotopic (exact) mass is 596 g/mol. The highest BCUT2D eigenvalue weighted by Crippen LogP contribution is 2.43. The summed E-state index contributed by atoms with van der Waals surface area (Å²) in [5.41, 5.74) is -0.576. The van der Waals surface area contributed by atoms with Crippen molar-refractivity contribution in [2.45, 2.75) is 57.8 Å². The van der Waals surface area contributed by atoms with Crippen LogP contribution in [0.4, 0.5) is 20.5 Å². The third-order valence-corrected chi connectivity index (χ3v) is 9.10. The Bertz CT molecular complexity index is 1540. The molecule has 1 amide bonds. The zero-order valence-electron chi connectivity index (χ0n) is 23.9. The van der Waals surface area contributed by atoms with Crippen LogP contribution in [0, 0.1) is 17.6 Å². The summed E-state index contributed by atoms with van der Waals surface area (Å²) in [7, 11) is 0. The van der Waals surface area contributed by atoms with Gasteiger partial charge >= 0.3 is 0 Å². The molecule has 11 heteroatoms. The largest absolute Gasteiger partial charge is 0.507 e. The first-order valence-electron chi connectivity index (χ1n) is 14.5. The van der Waals surface area contributed by atoms with E-state index in [0.29, 0.717) is 49.4 Å². The van der Waals surface area contributed by atoms with Gasteiger partial charge in [-0.25, -0.2) is 13.8 Å². The molecule has 1 saturated carbocycles. The lowest BCUT2D eigenvalue weighted by Crippen LogP contribution is -2.61. The number of carbonyl (C=O) groups excluding carboxylic acids is 1. The quantitative estimate of drug-likeness (QED) is 0.366. The van der Waals surface area contributed by atoms with E-state index in [0.717, 1.165) is 12.0 Å². The minimum absolute atomic E-state index is 0.00994. The lowest BCUT2D eigenvalue weighted by Gasteiger charge is -2.45. The fourth-order valence-electron chi connectivity index (χ4n) is 6.22. The molecule has 3 atom stereocenters. The molecule has 3 fully saturated rings. The van der Waals surface area contributed by atoms with Crippen molar-refractivity contribution in [1.29, 1.82) is 0 Å². The molecule has 3 aliphatic rings. The average Bonchev–Trinajstić information content (AvgIpc) is 3.78. The van der Waals surface area contributed by atoms with Crippen LogP contribution >= 0.6 is 11.6 Å². The number of anilines is 2. The topological polar surface area (TPSA) is 84.8 Å². The normalized spacial score (nSPS) is 21.9. The number of benzene rings is 2. The van der Waals surface area contributed by atoms with Crippen molar-refractivity contribution in [3.8, 4) is 16.9 Å². The van der Waals surface area contributed by atoms with Gasteiger partial charge < -0.3 is 25.1 Å². The Morgan fingerprint density at radius 1 is 1.14 bits per heavy atom. The van der Waals surface area contributed by atoms with Crippen molar-refractivity contribution in [3.63, 3.8) is 0 Å². The standard InChI is InChI=1S/C31H35ClF2N6O2/c1-5-25(42)39-12-17(3)40(13-16(39)2)30-21-11-22(32)26(27-23(33)7-6-8-24(27)41)28(34)29(21)36-31(37-30)38-14-20(15-38)35-18(4)19-9-10-19/h5-8,11,16-20,35,41H,1,9-10,12-15H2,2-4H3/t16-,17+,18?/m1/s1. The third-order valence-electron chi connectivity index (χ3n) is 8.80. The summed E-state index contributed by atoms with van der Waals surface area (Å²) in [6.45, 7) is 12.0. The lowest BCUT2D eigenvalue weighted by atomic mass is 10.00. The Balaban J connectivity index is 1.44. The summed E-state index contributed by atoms with van der Waals surface area (Å²) in [4.78, 5) is 27.9. The maximum atomic E-state index is 16.5. The predicted molar refractivity (Wildman–Crippen MR) is 161 cm³/mol. The molecule has 2 aliphatic heterocycles. The highest BCUT2D eigenvalue weighted by atomic mass is 35.5. The van der Waals surface area contributed by atoms with E-state index in [1.807, 2.05) is 23.6 Å². The van der Waals surface area contributed by atoms with E-state index in [4.69, 9.17) is 16.6 Å². The number of phenolic OH excluding ortho intramolecular Hbond substituents is 1. The summed E-state index contributed by atoms with van der Waals surface area (Å²) < 4.78 is 31.3. The Labute approximate surface area is 249 Å². The molecule has 0 radical (unpaired) electrons. The molecular weight excluding hydrogens is 562 g/mol. The van der Waals surface area contributed by atoms with Crippen molar-refractivity contribution in [1.82, 2.24) is 20.2 Å². The summed E-state index contributed by atoms with van der Waals surface area (Å²) in [5, 5.41) is 14.4. The summed E-state index contributed by atoms with van der Waals surface area (Å²) >= 11 is 6.61. The number of rotatable bonds is 7. The van der Waals surface area contributed by atoms with Gasteiger partial charge in [-0.05, 0) is 63.8 Å². The molecule has 0 spiro atoms. The second-order valence-electron chi connectivity index (χ2n) is 11.9. The molecule has 3 heterocycles. The molecule has 2 aromatic carbocycles. The minimum Gasteiger partial charge on any atom is -0.507 e. The number of halogens is 3. The van der Waals surface area contributed by atoms with Crippen molar-refractivity contribution in [3.05, 3.63) is 53.6 Å². The molecule has 2 saturated heterocycles. The SMILES string of the molecule is C=CC(=O)N1C[C@H](C)N(c2nc(N3CC(NC(C)C4CC4)C3)nc3c(F)c(-c4c(O)cccc4F)c(Cl)cc23)C[C@H]1C. The number of carbonyl (C=O) groups is 1. The molecule has 222 valence electrons. The van der Waals surface area contributed by atoms with Crippen LogP contribution in [0.5, 0.6) is 5.75 Å². The second-order valence-corrected chi connectivity index (χ2v) is 12.3. The van der Waals surface area contributed by atoms with Gasteiger partial charge in [0.25, 0.3) is 0 Å². The molecule has 1 aromatic heterocycles. The number of phenols is 1. The van der Waals surface area contributed by atoms with E-state index >= 15 is 4.39 Å². The maximum absolute atomic E-state index is 16.5. The van der Waals surface area contributed by atoms with E-state index < -0.39 is 17.4 Å². The first kappa shape index (κ1) is 28.6. The molecule has 0 bridgehead atoms. The number of fused-ring (bicyclic) bond motifs is 1. The minimum atomic E-state index is -0.832. The number of hydrogen-bond donors (Lipinski definition) is 2. The van der Waals surface area contributed by atoms with Gasteiger partial charge in [-0.1, -0.05) is 24.2 Å². The molecule has 1 aliphatic carbocycles. The van der Waals surface area contributed by atoms with E-state index in [-0.39, 0.29) is 45.7 Å². The van der Waals surface area contributed by atoms with Crippen LogP contribution in [0.2, 0.25) is 5.02 Å². The third kappa shape index (κ3) is 5.04. The highest BCUT2D eigenvalue weighted by molar-refractivity contribution is 6.34. The van der Waals surface area contributed by atoms with Gasteiger partial charge in [0.1, 0.15) is 22.9 Å². The summed E-state index contributed by atoms with van der Waals surface area (Å²) in [6.07, 6.45) is 3.82. The van der Waals surface area contributed by atoms with Crippen molar-refractivity contribution in [2.75, 3.05) is 36.0 Å². The predicted octanol–water partition coefficient (Wildman–Crippen LogP) is 5.12. The zero-order valence-corrected chi connectivity index (χ0v) is 24.7. The van der Waals surface area contributed by atoms with E-state index in [1.54, 1.807) is 4.90 Å². The van der Waals surface area contributed by atoms with Crippen LogP contribution in [0.3, 0.4) is 0 Å². The van der Waals surface area contributed by atoms with Gasteiger partial charge in [-0.15, -0.1) is 0 Å². The number of nitrogens with zero attached hydrogens (tertiary/aromatic N) is 5. The number of aromatic nitrogens is 2. The molecule has 8 nitrogen and oxygen atoms in total. The van der Waals surface area contributed by atoms with Gasteiger partial charge in [-0.2, -0.15) is 4.98 Å².